The summed E-state index contributed by atoms with van der Waals surface area (Å²) >= 11 is 0. The van der Waals surface area contributed by atoms with Crippen molar-refractivity contribution in [2.75, 3.05) is 13.2 Å². The zero-order valence-electron chi connectivity index (χ0n) is 12.4. The minimum absolute atomic E-state index is 0. The molecule has 1 saturated heterocycles. The predicted molar refractivity (Wildman–Crippen MR) is 79.7 cm³/mol. The van der Waals surface area contributed by atoms with E-state index in [0.29, 0.717) is 13.2 Å². The minimum Gasteiger partial charge on any atom is -0.352 e. The molecule has 0 bridgehead atoms. The van der Waals surface area contributed by atoms with E-state index in [2.05, 4.69) is 12.2 Å². The van der Waals surface area contributed by atoms with Gasteiger partial charge in [0.15, 0.2) is 5.79 Å². The molecule has 1 saturated carbocycles. The van der Waals surface area contributed by atoms with Gasteiger partial charge in [-0.1, -0.05) is 20.3 Å². The lowest BCUT2D eigenvalue weighted by molar-refractivity contribution is -0.180. The van der Waals surface area contributed by atoms with Gasteiger partial charge < -0.3 is 20.5 Å². The smallest absolute Gasteiger partial charge is 0.237 e. The molecule has 1 spiro atoms. The van der Waals surface area contributed by atoms with E-state index in [1.807, 2.05) is 6.92 Å². The molecule has 1 amide bonds. The summed E-state index contributed by atoms with van der Waals surface area (Å²) in [6.45, 7) is 5.45. The SMILES string of the molecule is CCC(C)C(N)C(=O)NC1CCC2(CC1)OCCO2.Cl. The van der Waals surface area contributed by atoms with Gasteiger partial charge in [0, 0.05) is 18.9 Å². The van der Waals surface area contributed by atoms with Crippen LogP contribution in [0.25, 0.3) is 0 Å². The summed E-state index contributed by atoms with van der Waals surface area (Å²) in [5, 5.41) is 3.07. The van der Waals surface area contributed by atoms with E-state index in [1.54, 1.807) is 0 Å². The van der Waals surface area contributed by atoms with Crippen LogP contribution in [0.1, 0.15) is 46.0 Å². The Bertz CT molecular complexity index is 312. The second-order valence-corrected chi connectivity index (χ2v) is 5.80. The van der Waals surface area contributed by atoms with Crippen molar-refractivity contribution in [2.45, 2.75) is 63.8 Å². The average Bonchev–Trinajstić information content (AvgIpc) is 2.88. The maximum atomic E-state index is 12.0. The summed E-state index contributed by atoms with van der Waals surface area (Å²) in [5.74, 6) is -0.167. The van der Waals surface area contributed by atoms with Crippen LogP contribution in [0.3, 0.4) is 0 Å². The lowest BCUT2D eigenvalue weighted by Gasteiger charge is -2.36. The number of ether oxygens (including phenoxy) is 2. The Labute approximate surface area is 127 Å². The van der Waals surface area contributed by atoms with Crippen LogP contribution in [0.2, 0.25) is 0 Å². The molecule has 0 radical (unpaired) electrons. The average molecular weight is 307 g/mol. The van der Waals surface area contributed by atoms with Gasteiger partial charge in [0.1, 0.15) is 0 Å². The van der Waals surface area contributed by atoms with Crippen molar-refractivity contribution < 1.29 is 14.3 Å². The Morgan fingerprint density at radius 1 is 1.35 bits per heavy atom. The van der Waals surface area contributed by atoms with Gasteiger partial charge in [-0.05, 0) is 18.8 Å². The van der Waals surface area contributed by atoms with Gasteiger partial charge in [-0.2, -0.15) is 0 Å². The summed E-state index contributed by atoms with van der Waals surface area (Å²) in [5.41, 5.74) is 5.94. The molecule has 0 aromatic heterocycles. The Morgan fingerprint density at radius 3 is 2.40 bits per heavy atom. The number of nitrogens with two attached hydrogens (primary N) is 1. The maximum Gasteiger partial charge on any atom is 0.237 e. The molecule has 2 aliphatic rings. The van der Waals surface area contributed by atoms with Crippen molar-refractivity contribution in [3.05, 3.63) is 0 Å². The highest BCUT2D eigenvalue weighted by Crippen LogP contribution is 2.35. The largest absolute Gasteiger partial charge is 0.352 e. The van der Waals surface area contributed by atoms with Crippen LogP contribution in [-0.4, -0.2) is 37.0 Å². The van der Waals surface area contributed by atoms with E-state index in [4.69, 9.17) is 15.2 Å². The first-order valence-corrected chi connectivity index (χ1v) is 7.40. The minimum atomic E-state index is -0.403. The zero-order valence-corrected chi connectivity index (χ0v) is 13.2. The lowest BCUT2D eigenvalue weighted by atomic mass is 9.89. The molecule has 2 atom stereocenters. The van der Waals surface area contributed by atoms with Crippen molar-refractivity contribution in [3.8, 4) is 0 Å². The van der Waals surface area contributed by atoms with E-state index in [0.717, 1.165) is 32.1 Å². The summed E-state index contributed by atoms with van der Waals surface area (Å²) in [6.07, 6.45) is 4.44. The van der Waals surface area contributed by atoms with E-state index in [9.17, 15) is 4.79 Å². The number of rotatable bonds is 4. The molecule has 0 aromatic rings. The van der Waals surface area contributed by atoms with Crippen molar-refractivity contribution in [1.82, 2.24) is 5.32 Å². The number of carbonyl (C=O) groups is 1. The Balaban J connectivity index is 0.00000200. The molecule has 5 nitrogen and oxygen atoms in total. The van der Waals surface area contributed by atoms with Crippen LogP contribution in [0.5, 0.6) is 0 Å². The monoisotopic (exact) mass is 306 g/mol. The highest BCUT2D eigenvalue weighted by atomic mass is 35.5. The quantitative estimate of drug-likeness (QED) is 0.827. The molecule has 1 heterocycles. The standard InChI is InChI=1S/C14H26N2O3.ClH/c1-3-10(2)12(15)13(17)16-11-4-6-14(7-5-11)18-8-9-19-14;/h10-12H,3-9,15H2,1-2H3,(H,16,17);1H. The first kappa shape index (κ1) is 17.7. The van der Waals surface area contributed by atoms with E-state index in [1.165, 1.54) is 0 Å². The van der Waals surface area contributed by atoms with E-state index < -0.39 is 6.04 Å². The molecule has 2 unspecified atom stereocenters. The van der Waals surface area contributed by atoms with Crippen LogP contribution < -0.4 is 11.1 Å². The van der Waals surface area contributed by atoms with Crippen molar-refractivity contribution in [3.63, 3.8) is 0 Å². The highest BCUT2D eigenvalue weighted by molar-refractivity contribution is 5.85. The van der Waals surface area contributed by atoms with Crippen LogP contribution in [-0.2, 0) is 14.3 Å². The fraction of sp³-hybridized carbons (Fsp3) is 0.929. The third-order valence-electron chi connectivity index (χ3n) is 4.47. The Morgan fingerprint density at radius 2 is 1.90 bits per heavy atom. The molecule has 3 N–H and O–H groups in total. The van der Waals surface area contributed by atoms with Gasteiger partial charge in [0.2, 0.25) is 5.91 Å². The first-order chi connectivity index (χ1) is 9.06. The molecule has 1 aliphatic heterocycles. The van der Waals surface area contributed by atoms with Crippen LogP contribution in [0.15, 0.2) is 0 Å². The van der Waals surface area contributed by atoms with Crippen molar-refractivity contribution in [2.24, 2.45) is 11.7 Å². The summed E-state index contributed by atoms with van der Waals surface area (Å²) < 4.78 is 11.4. The molecule has 20 heavy (non-hydrogen) atoms. The summed E-state index contributed by atoms with van der Waals surface area (Å²) in [4.78, 5) is 12.0. The topological polar surface area (TPSA) is 73.6 Å². The molecule has 1 aliphatic carbocycles. The summed E-state index contributed by atoms with van der Waals surface area (Å²) in [6, 6.07) is -0.194. The first-order valence-electron chi connectivity index (χ1n) is 7.40. The summed E-state index contributed by atoms with van der Waals surface area (Å²) in [7, 11) is 0. The molecular weight excluding hydrogens is 280 g/mol. The maximum absolute atomic E-state index is 12.0. The number of hydrogen-bond acceptors (Lipinski definition) is 4. The Kier molecular flexibility index (Phi) is 6.72. The van der Waals surface area contributed by atoms with Gasteiger partial charge in [0.05, 0.1) is 19.3 Å². The van der Waals surface area contributed by atoms with Gasteiger partial charge >= 0.3 is 0 Å². The molecular formula is C14H27ClN2O3. The number of nitrogens with one attached hydrogen (secondary N) is 1. The number of carbonyl (C=O) groups excluding carboxylic acids is 1. The normalized spacial score (nSPS) is 24.9. The molecule has 2 rings (SSSR count). The third-order valence-corrected chi connectivity index (χ3v) is 4.47. The van der Waals surface area contributed by atoms with Gasteiger partial charge in [0.25, 0.3) is 0 Å². The molecule has 118 valence electrons. The van der Waals surface area contributed by atoms with Crippen LogP contribution >= 0.6 is 12.4 Å². The second kappa shape index (κ2) is 7.59. The van der Waals surface area contributed by atoms with Crippen LogP contribution in [0, 0.1) is 5.92 Å². The zero-order chi connectivity index (χ0) is 13.9. The molecule has 0 aromatic carbocycles. The lowest BCUT2D eigenvalue weighted by Crippen LogP contribution is -2.50. The van der Waals surface area contributed by atoms with Gasteiger partial charge in [-0.3, -0.25) is 4.79 Å². The second-order valence-electron chi connectivity index (χ2n) is 5.80. The highest BCUT2D eigenvalue weighted by Gasteiger charge is 2.40. The number of hydrogen-bond donors (Lipinski definition) is 2. The van der Waals surface area contributed by atoms with Gasteiger partial charge in [-0.15, -0.1) is 12.4 Å². The third kappa shape index (κ3) is 4.07. The molecule has 6 heteroatoms. The fourth-order valence-electron chi connectivity index (χ4n) is 2.80. The fourth-order valence-corrected chi connectivity index (χ4v) is 2.80. The predicted octanol–water partition coefficient (Wildman–Crippen LogP) is 1.58. The number of halogens is 1. The Hall–Kier alpha value is -0.360. The van der Waals surface area contributed by atoms with Crippen LogP contribution in [0.4, 0.5) is 0 Å². The molecule has 2 fully saturated rings. The number of amides is 1. The van der Waals surface area contributed by atoms with E-state index >= 15 is 0 Å². The van der Waals surface area contributed by atoms with Gasteiger partial charge in [-0.25, -0.2) is 0 Å². The van der Waals surface area contributed by atoms with Crippen molar-refractivity contribution in [1.29, 1.82) is 0 Å². The van der Waals surface area contributed by atoms with Crippen molar-refractivity contribution >= 4 is 18.3 Å². The van der Waals surface area contributed by atoms with E-state index in [-0.39, 0.29) is 36.1 Å².